The lowest BCUT2D eigenvalue weighted by Crippen LogP contribution is -2.30. The van der Waals surface area contributed by atoms with Crippen LogP contribution in [-0.4, -0.2) is 16.5 Å². The van der Waals surface area contributed by atoms with Gasteiger partial charge in [0.15, 0.2) is 0 Å². The molecule has 0 aromatic carbocycles. The van der Waals surface area contributed by atoms with Gasteiger partial charge >= 0.3 is 0 Å². The first-order valence-electron chi connectivity index (χ1n) is 5.51. The van der Waals surface area contributed by atoms with Crippen molar-refractivity contribution in [1.82, 2.24) is 15.3 Å². The van der Waals surface area contributed by atoms with E-state index in [1.807, 2.05) is 24.7 Å². The molecule has 0 saturated carbocycles. The third-order valence-electron chi connectivity index (χ3n) is 3.02. The second kappa shape index (κ2) is 4.02. The Morgan fingerprint density at radius 3 is 2.94 bits per heavy atom. The highest BCUT2D eigenvalue weighted by molar-refractivity contribution is 5.36. The molecule has 1 unspecified atom stereocenters. The third kappa shape index (κ3) is 1.59. The number of hydrogen-bond donors (Lipinski definition) is 1. The second-order valence-corrected chi connectivity index (χ2v) is 4.00. The summed E-state index contributed by atoms with van der Waals surface area (Å²) in [5.41, 5.74) is 3.88. The van der Waals surface area contributed by atoms with Gasteiger partial charge in [-0.15, -0.1) is 0 Å². The molecule has 3 rings (SSSR count). The van der Waals surface area contributed by atoms with Crippen LogP contribution in [0.4, 0.5) is 0 Å². The molecule has 0 radical (unpaired) electrons. The number of nitrogens with one attached hydrogen (secondary N) is 1. The summed E-state index contributed by atoms with van der Waals surface area (Å²) in [4.78, 5) is 8.39. The molecule has 1 aliphatic rings. The zero-order chi connectivity index (χ0) is 10.8. The molecular weight excluding hydrogens is 198 g/mol. The molecule has 2 aromatic heterocycles. The first kappa shape index (κ1) is 9.48. The van der Waals surface area contributed by atoms with E-state index in [2.05, 4.69) is 27.4 Å². The predicted molar refractivity (Wildman–Crippen MR) is 62.0 cm³/mol. The molecule has 0 amide bonds. The fourth-order valence-electron chi connectivity index (χ4n) is 2.23. The Balaban J connectivity index is 2.05. The number of nitrogens with zero attached hydrogens (tertiary/aromatic N) is 2. The fourth-order valence-corrected chi connectivity index (χ4v) is 2.23. The zero-order valence-electron chi connectivity index (χ0n) is 8.93. The smallest absolute Gasteiger partial charge is 0.0610 e. The maximum atomic E-state index is 4.21. The highest BCUT2D eigenvalue weighted by atomic mass is 14.9. The van der Waals surface area contributed by atoms with Crippen LogP contribution in [0.15, 0.2) is 43.0 Å². The Labute approximate surface area is 94.6 Å². The Morgan fingerprint density at radius 2 is 2.06 bits per heavy atom. The van der Waals surface area contributed by atoms with Crippen molar-refractivity contribution in [3.8, 4) is 0 Å². The molecule has 0 fully saturated rings. The van der Waals surface area contributed by atoms with Crippen LogP contribution in [-0.2, 0) is 6.42 Å². The van der Waals surface area contributed by atoms with E-state index in [0.29, 0.717) is 0 Å². The average Bonchev–Trinajstić information content (AvgIpc) is 2.39. The van der Waals surface area contributed by atoms with Crippen LogP contribution < -0.4 is 5.32 Å². The van der Waals surface area contributed by atoms with E-state index >= 15 is 0 Å². The van der Waals surface area contributed by atoms with E-state index in [4.69, 9.17) is 0 Å². The Bertz CT molecular complexity index is 482. The Kier molecular flexibility index (Phi) is 2.38. The van der Waals surface area contributed by atoms with Crippen molar-refractivity contribution in [3.63, 3.8) is 0 Å². The fraction of sp³-hybridized carbons (Fsp3) is 0.231. The topological polar surface area (TPSA) is 37.8 Å². The first-order chi connectivity index (χ1) is 7.95. The zero-order valence-corrected chi connectivity index (χ0v) is 8.93. The molecule has 80 valence electrons. The van der Waals surface area contributed by atoms with Crippen LogP contribution in [0.2, 0.25) is 0 Å². The molecule has 2 aromatic rings. The summed E-state index contributed by atoms with van der Waals surface area (Å²) >= 11 is 0. The minimum atomic E-state index is 0.242. The van der Waals surface area contributed by atoms with Crippen molar-refractivity contribution in [1.29, 1.82) is 0 Å². The van der Waals surface area contributed by atoms with Crippen molar-refractivity contribution in [2.24, 2.45) is 0 Å². The van der Waals surface area contributed by atoms with Gasteiger partial charge in [-0.25, -0.2) is 0 Å². The van der Waals surface area contributed by atoms with Crippen molar-refractivity contribution >= 4 is 0 Å². The van der Waals surface area contributed by atoms with Gasteiger partial charge in [-0.2, -0.15) is 0 Å². The summed E-state index contributed by atoms with van der Waals surface area (Å²) in [6.07, 6.45) is 8.62. The van der Waals surface area contributed by atoms with Gasteiger partial charge in [0, 0.05) is 31.3 Å². The minimum absolute atomic E-state index is 0.242. The van der Waals surface area contributed by atoms with E-state index in [0.717, 1.165) is 13.0 Å². The summed E-state index contributed by atoms with van der Waals surface area (Å²) in [6, 6.07) is 6.43. The van der Waals surface area contributed by atoms with Crippen LogP contribution in [0.1, 0.15) is 22.7 Å². The standard InChI is InChI=1S/C13H13N3/c1-2-11(8-14-5-1)13-12-9-15-6-3-10(12)4-7-16-13/h1-3,5-6,8-9,13,16H,4,7H2. The van der Waals surface area contributed by atoms with Crippen LogP contribution in [0.3, 0.4) is 0 Å². The monoisotopic (exact) mass is 211 g/mol. The summed E-state index contributed by atoms with van der Waals surface area (Å²) in [7, 11) is 0. The molecule has 0 bridgehead atoms. The van der Waals surface area contributed by atoms with Crippen LogP contribution in [0.25, 0.3) is 0 Å². The lowest BCUT2D eigenvalue weighted by atomic mass is 9.92. The molecule has 0 saturated heterocycles. The molecule has 3 heteroatoms. The van der Waals surface area contributed by atoms with E-state index in [9.17, 15) is 0 Å². The van der Waals surface area contributed by atoms with Gasteiger partial charge in [0.1, 0.15) is 0 Å². The highest BCUT2D eigenvalue weighted by Crippen LogP contribution is 2.26. The maximum absolute atomic E-state index is 4.21. The lowest BCUT2D eigenvalue weighted by molar-refractivity contribution is 0.564. The molecule has 1 atom stereocenters. The molecule has 0 spiro atoms. The molecule has 1 aliphatic heterocycles. The summed E-state index contributed by atoms with van der Waals surface area (Å²) < 4.78 is 0. The van der Waals surface area contributed by atoms with Crippen molar-refractivity contribution in [2.45, 2.75) is 12.5 Å². The van der Waals surface area contributed by atoms with Gasteiger partial charge < -0.3 is 5.32 Å². The third-order valence-corrected chi connectivity index (χ3v) is 3.02. The number of pyridine rings is 2. The quantitative estimate of drug-likeness (QED) is 0.780. The number of aromatic nitrogens is 2. The lowest BCUT2D eigenvalue weighted by Gasteiger charge is -2.26. The maximum Gasteiger partial charge on any atom is 0.0610 e. The number of fused-ring (bicyclic) bond motifs is 1. The van der Waals surface area contributed by atoms with E-state index in [1.165, 1.54) is 16.7 Å². The van der Waals surface area contributed by atoms with Gasteiger partial charge in [0.05, 0.1) is 6.04 Å². The van der Waals surface area contributed by atoms with Gasteiger partial charge in [-0.3, -0.25) is 9.97 Å². The summed E-state index contributed by atoms with van der Waals surface area (Å²) in [5.74, 6) is 0. The van der Waals surface area contributed by atoms with Crippen LogP contribution >= 0.6 is 0 Å². The molecule has 1 N–H and O–H groups in total. The molecular formula is C13H13N3. The molecule has 0 aliphatic carbocycles. The van der Waals surface area contributed by atoms with Crippen LogP contribution in [0, 0.1) is 0 Å². The SMILES string of the molecule is c1cncc(C2NCCc3ccncc32)c1. The largest absolute Gasteiger partial charge is 0.306 e. The van der Waals surface area contributed by atoms with Crippen LogP contribution in [0.5, 0.6) is 0 Å². The highest BCUT2D eigenvalue weighted by Gasteiger charge is 2.20. The molecule has 16 heavy (non-hydrogen) atoms. The first-order valence-corrected chi connectivity index (χ1v) is 5.51. The van der Waals surface area contributed by atoms with E-state index in [1.54, 1.807) is 6.20 Å². The van der Waals surface area contributed by atoms with Crippen molar-refractivity contribution < 1.29 is 0 Å². The Morgan fingerprint density at radius 1 is 1.12 bits per heavy atom. The average molecular weight is 211 g/mol. The predicted octanol–water partition coefficient (Wildman–Crippen LogP) is 1.71. The Hall–Kier alpha value is -1.74. The van der Waals surface area contributed by atoms with Gasteiger partial charge in [0.25, 0.3) is 0 Å². The normalized spacial score (nSPS) is 19.1. The number of rotatable bonds is 1. The summed E-state index contributed by atoms with van der Waals surface area (Å²) in [5, 5.41) is 3.51. The van der Waals surface area contributed by atoms with Crippen molar-refractivity contribution in [2.75, 3.05) is 6.54 Å². The van der Waals surface area contributed by atoms with E-state index in [-0.39, 0.29) is 6.04 Å². The van der Waals surface area contributed by atoms with Gasteiger partial charge in [0.2, 0.25) is 0 Å². The second-order valence-electron chi connectivity index (χ2n) is 4.00. The van der Waals surface area contributed by atoms with Crippen molar-refractivity contribution in [3.05, 3.63) is 59.7 Å². The molecule has 3 heterocycles. The van der Waals surface area contributed by atoms with E-state index < -0.39 is 0 Å². The minimum Gasteiger partial charge on any atom is -0.306 e. The molecule has 3 nitrogen and oxygen atoms in total. The van der Waals surface area contributed by atoms with Gasteiger partial charge in [-0.05, 0) is 35.2 Å². The number of hydrogen-bond acceptors (Lipinski definition) is 3. The summed E-state index contributed by atoms with van der Waals surface area (Å²) in [6.45, 7) is 1.01. The van der Waals surface area contributed by atoms with Gasteiger partial charge in [-0.1, -0.05) is 6.07 Å².